The van der Waals surface area contributed by atoms with Gasteiger partial charge in [0.25, 0.3) is 0 Å². The molecule has 0 amide bonds. The highest BCUT2D eigenvalue weighted by Gasteiger charge is 2.36. The molecule has 1 aliphatic carbocycles. The molecule has 0 spiro atoms. The van der Waals surface area contributed by atoms with E-state index in [2.05, 4.69) is 178 Å². The van der Waals surface area contributed by atoms with Crippen LogP contribution in [0.4, 0.5) is 0 Å². The van der Waals surface area contributed by atoms with Gasteiger partial charge in [0.15, 0.2) is 0 Å². The maximum atomic E-state index is 6.07. The van der Waals surface area contributed by atoms with Crippen molar-refractivity contribution < 1.29 is 4.42 Å². The maximum Gasteiger partial charge on any atom is 0.135 e. The van der Waals surface area contributed by atoms with Gasteiger partial charge in [-0.1, -0.05) is 153 Å². The SMILES string of the molecule is CC1(C)c2cc(-c3cccc(-c4ccc(-c5ccc6oc7ccccc7c6c5)cc4)c3)ccc2-c2ccc(-c3cnc4c5ccccc5c5ccccc5c4n3)cc21. The molecule has 2 heterocycles. The lowest BCUT2D eigenvalue weighted by molar-refractivity contribution is 0.661. The second-order valence-corrected chi connectivity index (χ2v) is 16.2. The van der Waals surface area contributed by atoms with Crippen LogP contribution >= 0.6 is 0 Å². The van der Waals surface area contributed by atoms with Gasteiger partial charge in [-0.2, -0.15) is 0 Å². The Labute approximate surface area is 335 Å². The number of benzene rings is 9. The van der Waals surface area contributed by atoms with Crippen LogP contribution in [-0.4, -0.2) is 9.97 Å². The molecular formula is C55H36N2O. The van der Waals surface area contributed by atoms with Crippen molar-refractivity contribution in [3.8, 4) is 55.8 Å². The molecule has 11 aromatic rings. The number of fused-ring (bicyclic) bond motifs is 12. The Bertz CT molecular complexity index is 3450. The highest BCUT2D eigenvalue weighted by molar-refractivity contribution is 6.23. The van der Waals surface area contributed by atoms with Gasteiger partial charge in [-0.15, -0.1) is 0 Å². The zero-order valence-electron chi connectivity index (χ0n) is 32.1. The van der Waals surface area contributed by atoms with Crippen molar-refractivity contribution in [2.24, 2.45) is 0 Å². The maximum absolute atomic E-state index is 6.07. The Kier molecular flexibility index (Phi) is 6.98. The standard InChI is InChI=1S/C55H36N2O/c1-55(2)48-30-38(36-11-9-10-35(28-36)33-18-20-34(21-19-33)37-24-27-52-47(29-37)44-14-7-8-17-51(44)58-52)22-25-42(48)43-26-23-39(31-49(43)55)50-32-56-53-45-15-5-3-12-40(45)41-13-4-6-16-46(41)54(53)57-50/h3-32H,1-2H3. The average Bonchev–Trinajstić information content (AvgIpc) is 3.77. The molecular weight excluding hydrogens is 705 g/mol. The third-order valence-electron chi connectivity index (χ3n) is 12.5. The third kappa shape index (κ3) is 4.93. The van der Waals surface area contributed by atoms with Crippen LogP contribution in [0.2, 0.25) is 0 Å². The molecule has 9 aromatic carbocycles. The second kappa shape index (κ2) is 12.3. The van der Waals surface area contributed by atoms with Crippen molar-refractivity contribution in [3.05, 3.63) is 193 Å². The van der Waals surface area contributed by atoms with Crippen molar-refractivity contribution in [1.29, 1.82) is 0 Å². The number of aromatic nitrogens is 2. The summed E-state index contributed by atoms with van der Waals surface area (Å²) in [6.45, 7) is 4.70. The van der Waals surface area contributed by atoms with Crippen LogP contribution in [0.3, 0.4) is 0 Å². The van der Waals surface area contributed by atoms with Crippen molar-refractivity contribution in [1.82, 2.24) is 9.97 Å². The summed E-state index contributed by atoms with van der Waals surface area (Å²) in [4.78, 5) is 10.4. The number of hydrogen-bond donors (Lipinski definition) is 0. The fourth-order valence-corrected chi connectivity index (χ4v) is 9.48. The molecule has 3 heteroatoms. The predicted molar refractivity (Wildman–Crippen MR) is 241 cm³/mol. The van der Waals surface area contributed by atoms with E-state index < -0.39 is 0 Å². The predicted octanol–water partition coefficient (Wildman–Crippen LogP) is 14.8. The second-order valence-electron chi connectivity index (χ2n) is 16.2. The first-order valence-electron chi connectivity index (χ1n) is 20.0. The number of para-hydroxylation sites is 1. The summed E-state index contributed by atoms with van der Waals surface area (Å²) < 4.78 is 6.07. The molecule has 0 bridgehead atoms. The largest absolute Gasteiger partial charge is 0.456 e. The van der Waals surface area contributed by atoms with Gasteiger partial charge in [0.05, 0.1) is 22.9 Å². The summed E-state index contributed by atoms with van der Waals surface area (Å²) in [5.41, 5.74) is 17.9. The smallest absolute Gasteiger partial charge is 0.135 e. The van der Waals surface area contributed by atoms with Gasteiger partial charge in [0.1, 0.15) is 11.2 Å². The zero-order valence-corrected chi connectivity index (χ0v) is 32.1. The minimum atomic E-state index is -0.191. The molecule has 0 saturated heterocycles. The minimum absolute atomic E-state index is 0.191. The monoisotopic (exact) mass is 740 g/mol. The summed E-state index contributed by atoms with van der Waals surface area (Å²) in [7, 11) is 0. The van der Waals surface area contributed by atoms with Crippen molar-refractivity contribution in [2.45, 2.75) is 19.3 Å². The van der Waals surface area contributed by atoms with Gasteiger partial charge in [0.2, 0.25) is 0 Å². The fourth-order valence-electron chi connectivity index (χ4n) is 9.48. The first-order chi connectivity index (χ1) is 28.5. The van der Waals surface area contributed by atoms with Crippen LogP contribution in [0.5, 0.6) is 0 Å². The molecule has 3 nitrogen and oxygen atoms in total. The van der Waals surface area contributed by atoms with Crippen LogP contribution in [-0.2, 0) is 5.41 Å². The quantitative estimate of drug-likeness (QED) is 0.169. The minimum Gasteiger partial charge on any atom is -0.456 e. The zero-order chi connectivity index (χ0) is 38.5. The summed E-state index contributed by atoms with van der Waals surface area (Å²) in [5, 5.41) is 6.97. The third-order valence-corrected chi connectivity index (χ3v) is 12.5. The highest BCUT2D eigenvalue weighted by Crippen LogP contribution is 2.51. The molecule has 0 unspecified atom stereocenters. The van der Waals surface area contributed by atoms with E-state index >= 15 is 0 Å². The summed E-state index contributed by atoms with van der Waals surface area (Å²) in [6.07, 6.45) is 1.95. The van der Waals surface area contributed by atoms with Gasteiger partial charge >= 0.3 is 0 Å². The molecule has 0 atom stereocenters. The van der Waals surface area contributed by atoms with Crippen LogP contribution in [0.25, 0.3) is 110 Å². The normalized spacial score (nSPS) is 13.1. The van der Waals surface area contributed by atoms with Gasteiger partial charge in [-0.3, -0.25) is 4.98 Å². The molecule has 0 radical (unpaired) electrons. The van der Waals surface area contributed by atoms with E-state index in [1.807, 2.05) is 18.3 Å². The van der Waals surface area contributed by atoms with Crippen LogP contribution in [0, 0.1) is 0 Å². The molecule has 1 aliphatic rings. The lowest BCUT2D eigenvalue weighted by Crippen LogP contribution is -2.15. The van der Waals surface area contributed by atoms with E-state index in [1.54, 1.807) is 0 Å². The van der Waals surface area contributed by atoms with Crippen LogP contribution in [0.15, 0.2) is 187 Å². The Morgan fingerprint density at radius 2 is 0.879 bits per heavy atom. The molecule has 2 aromatic heterocycles. The molecule has 12 rings (SSSR count). The molecule has 0 fully saturated rings. The van der Waals surface area contributed by atoms with E-state index in [0.717, 1.165) is 55.0 Å². The molecule has 0 saturated carbocycles. The van der Waals surface area contributed by atoms with E-state index in [4.69, 9.17) is 14.4 Å². The van der Waals surface area contributed by atoms with Crippen LogP contribution < -0.4 is 0 Å². The number of rotatable bonds is 4. The van der Waals surface area contributed by atoms with Gasteiger partial charge < -0.3 is 4.42 Å². The van der Waals surface area contributed by atoms with Gasteiger partial charge in [-0.25, -0.2) is 4.98 Å². The van der Waals surface area contributed by atoms with Gasteiger partial charge in [-0.05, 0) is 103 Å². The highest BCUT2D eigenvalue weighted by atomic mass is 16.3. The van der Waals surface area contributed by atoms with E-state index in [-0.39, 0.29) is 5.41 Å². The van der Waals surface area contributed by atoms with Crippen LogP contribution in [0.1, 0.15) is 25.0 Å². The molecule has 0 aliphatic heterocycles. The lowest BCUT2D eigenvalue weighted by Gasteiger charge is -2.22. The van der Waals surface area contributed by atoms with Gasteiger partial charge in [0, 0.05) is 32.5 Å². The topological polar surface area (TPSA) is 38.9 Å². The molecule has 58 heavy (non-hydrogen) atoms. The Balaban J connectivity index is 0.862. The van der Waals surface area contributed by atoms with E-state index in [1.165, 1.54) is 66.4 Å². The summed E-state index contributed by atoms with van der Waals surface area (Å²) >= 11 is 0. The molecule has 272 valence electrons. The Hall–Kier alpha value is -7.36. The van der Waals surface area contributed by atoms with Crippen molar-refractivity contribution in [3.63, 3.8) is 0 Å². The first-order valence-corrected chi connectivity index (χ1v) is 20.0. The summed E-state index contributed by atoms with van der Waals surface area (Å²) in [6, 6.07) is 63.4. The van der Waals surface area contributed by atoms with Crippen molar-refractivity contribution in [2.75, 3.05) is 0 Å². The fraction of sp³-hybridized carbons (Fsp3) is 0.0545. The summed E-state index contributed by atoms with van der Waals surface area (Å²) in [5.74, 6) is 0. The van der Waals surface area contributed by atoms with E-state index in [0.29, 0.717) is 0 Å². The number of furan rings is 1. The molecule has 0 N–H and O–H groups in total. The van der Waals surface area contributed by atoms with Crippen molar-refractivity contribution >= 4 is 54.5 Å². The lowest BCUT2D eigenvalue weighted by atomic mass is 9.81. The Morgan fingerprint density at radius 1 is 0.379 bits per heavy atom. The average molecular weight is 741 g/mol. The first kappa shape index (κ1) is 32.8. The number of nitrogens with zero attached hydrogens (tertiary/aromatic N) is 2. The number of hydrogen-bond acceptors (Lipinski definition) is 3. The van der Waals surface area contributed by atoms with E-state index in [9.17, 15) is 0 Å². The Morgan fingerprint density at radius 3 is 1.59 bits per heavy atom.